The minimum atomic E-state index is -0.301. The summed E-state index contributed by atoms with van der Waals surface area (Å²) in [6, 6.07) is 13.4. The largest absolute Gasteiger partial charge is 0.326 e. The lowest BCUT2D eigenvalue weighted by atomic mass is 10.0. The van der Waals surface area contributed by atoms with E-state index in [-0.39, 0.29) is 11.1 Å². The number of hydrogen-bond acceptors (Lipinski definition) is 5. The van der Waals surface area contributed by atoms with Crippen LogP contribution in [0.3, 0.4) is 0 Å². The maximum absolute atomic E-state index is 13.1. The van der Waals surface area contributed by atoms with Crippen molar-refractivity contribution in [3.63, 3.8) is 0 Å². The Morgan fingerprint density at radius 1 is 0.786 bits per heavy atom. The molecule has 3 heterocycles. The molecule has 6 heteroatoms. The van der Waals surface area contributed by atoms with Crippen LogP contribution in [-0.2, 0) is 13.6 Å². The zero-order valence-corrected chi connectivity index (χ0v) is 15.0. The van der Waals surface area contributed by atoms with Gasteiger partial charge in [-0.15, -0.1) is 0 Å². The van der Waals surface area contributed by atoms with Crippen LogP contribution in [0.4, 0.5) is 0 Å². The molecule has 0 saturated heterocycles. The highest BCUT2D eigenvalue weighted by Gasteiger charge is 2.25. The highest BCUT2D eigenvalue weighted by Crippen LogP contribution is 2.40. The van der Waals surface area contributed by atoms with E-state index < -0.39 is 0 Å². The Kier molecular flexibility index (Phi) is 2.75. The number of para-hydroxylation sites is 2. The number of nitrogens with two attached hydrogens (primary N) is 1. The first-order chi connectivity index (χ1) is 13.6. The Morgan fingerprint density at radius 2 is 1.43 bits per heavy atom. The molecular weight excluding hydrogens is 352 g/mol. The third kappa shape index (κ3) is 1.62. The van der Waals surface area contributed by atoms with Gasteiger partial charge in [-0.1, -0.05) is 36.4 Å². The second-order valence-corrected chi connectivity index (χ2v) is 7.12. The molecule has 0 fully saturated rings. The molecule has 3 aromatic heterocycles. The Labute approximate surface area is 157 Å². The van der Waals surface area contributed by atoms with E-state index in [4.69, 9.17) is 15.7 Å². The standard InChI is InChI=1S/C22H14N4O2/c1-26-21(27)16-14-11-6-2-3-8-13(11)24-19(14)20-15(17(16)22(26)28)12-7-4-5-10(9-23)18(12)25-20/h2-8H,9,23H2,1H3. The van der Waals surface area contributed by atoms with Gasteiger partial charge < -0.3 is 5.73 Å². The van der Waals surface area contributed by atoms with Gasteiger partial charge in [0, 0.05) is 35.1 Å². The lowest BCUT2D eigenvalue weighted by Gasteiger charge is -1.98. The minimum absolute atomic E-state index is 0.297. The van der Waals surface area contributed by atoms with E-state index in [0.717, 1.165) is 27.4 Å². The van der Waals surface area contributed by atoms with E-state index in [2.05, 4.69) is 0 Å². The van der Waals surface area contributed by atoms with E-state index in [1.54, 1.807) is 0 Å². The van der Waals surface area contributed by atoms with Gasteiger partial charge in [0.05, 0.1) is 32.8 Å². The molecule has 28 heavy (non-hydrogen) atoms. The topological polar surface area (TPSA) is 90.9 Å². The van der Waals surface area contributed by atoms with Crippen molar-refractivity contribution >= 4 is 54.4 Å². The molecule has 6 rings (SSSR count). The number of rotatable bonds is 1. The normalized spacial score (nSPS) is 12.4. The summed E-state index contributed by atoms with van der Waals surface area (Å²) >= 11 is 0. The predicted octanol–water partition coefficient (Wildman–Crippen LogP) is 2.64. The molecule has 0 atom stereocenters. The minimum Gasteiger partial charge on any atom is -0.326 e. The summed E-state index contributed by atoms with van der Waals surface area (Å²) in [6.07, 6.45) is 0. The quantitative estimate of drug-likeness (QED) is 0.483. The van der Waals surface area contributed by atoms with E-state index >= 15 is 0 Å². The number of benzene rings is 3. The van der Waals surface area contributed by atoms with E-state index in [9.17, 15) is 9.59 Å². The second-order valence-electron chi connectivity index (χ2n) is 7.12. The van der Waals surface area contributed by atoms with Gasteiger partial charge >= 0.3 is 0 Å². The fourth-order valence-corrected chi connectivity index (χ4v) is 4.43. The summed E-state index contributed by atoms with van der Waals surface area (Å²) in [7, 11) is 1.52. The fraction of sp³-hybridized carbons (Fsp3) is 0.0909. The molecule has 0 bridgehead atoms. The molecule has 134 valence electrons. The fourth-order valence-electron chi connectivity index (χ4n) is 4.43. The van der Waals surface area contributed by atoms with Crippen LogP contribution in [0.2, 0.25) is 0 Å². The Hall–Kier alpha value is -3.64. The van der Waals surface area contributed by atoms with E-state index in [1.807, 2.05) is 42.5 Å². The average Bonchev–Trinajstić information content (AvgIpc) is 3.35. The number of hydrogen-bond donors (Lipinski definition) is 1. The molecule has 0 amide bonds. The molecule has 3 aromatic carbocycles. The SMILES string of the molecule is Cn1c(=O)c2c(c1=O)c1c3cccc(CN)c3nc1c1nc3ccccc3c12. The van der Waals surface area contributed by atoms with Crippen molar-refractivity contribution in [2.45, 2.75) is 6.54 Å². The molecule has 0 aliphatic carbocycles. The second kappa shape index (κ2) is 4.99. The van der Waals surface area contributed by atoms with Gasteiger partial charge in [-0.2, -0.15) is 0 Å². The third-order valence-electron chi connectivity index (χ3n) is 5.72. The van der Waals surface area contributed by atoms with Crippen molar-refractivity contribution in [1.82, 2.24) is 14.5 Å². The average molecular weight is 366 g/mol. The Bertz CT molecular complexity index is 1700. The van der Waals surface area contributed by atoms with Crippen molar-refractivity contribution < 1.29 is 0 Å². The van der Waals surface area contributed by atoms with Gasteiger partial charge in [0.15, 0.2) is 0 Å². The Morgan fingerprint density at radius 3 is 2.18 bits per heavy atom. The molecule has 0 spiro atoms. The maximum Gasteiger partial charge on any atom is 0.262 e. The van der Waals surface area contributed by atoms with Crippen LogP contribution < -0.4 is 16.9 Å². The van der Waals surface area contributed by atoms with Crippen LogP contribution in [-0.4, -0.2) is 14.5 Å². The first-order valence-electron chi connectivity index (χ1n) is 9.03. The summed E-state index contributed by atoms with van der Waals surface area (Å²) in [5, 5.41) is 3.94. The van der Waals surface area contributed by atoms with Gasteiger partial charge in [0.2, 0.25) is 0 Å². The van der Waals surface area contributed by atoms with Gasteiger partial charge in [-0.05, 0) is 11.6 Å². The highest BCUT2D eigenvalue weighted by atomic mass is 16.2. The molecule has 6 aromatic rings. The first kappa shape index (κ1) is 15.4. The van der Waals surface area contributed by atoms with Crippen LogP contribution in [0.25, 0.3) is 54.4 Å². The molecule has 0 aliphatic heterocycles. The summed E-state index contributed by atoms with van der Waals surface area (Å²) in [5.74, 6) is 0. The van der Waals surface area contributed by atoms with Gasteiger partial charge in [0.1, 0.15) is 0 Å². The number of nitrogens with zero attached hydrogens (tertiary/aromatic N) is 3. The number of aromatic nitrogens is 3. The smallest absolute Gasteiger partial charge is 0.262 e. The van der Waals surface area contributed by atoms with Gasteiger partial charge in [-0.25, -0.2) is 9.97 Å². The first-order valence-corrected chi connectivity index (χ1v) is 9.03. The van der Waals surface area contributed by atoms with Crippen molar-refractivity contribution in [2.24, 2.45) is 12.8 Å². The van der Waals surface area contributed by atoms with Gasteiger partial charge in [0.25, 0.3) is 11.1 Å². The van der Waals surface area contributed by atoms with E-state index in [1.165, 1.54) is 11.6 Å². The third-order valence-corrected chi connectivity index (χ3v) is 5.72. The zero-order valence-electron chi connectivity index (χ0n) is 15.0. The molecule has 0 unspecified atom stereocenters. The lowest BCUT2D eigenvalue weighted by Crippen LogP contribution is -2.21. The predicted molar refractivity (Wildman–Crippen MR) is 111 cm³/mol. The van der Waals surface area contributed by atoms with E-state index in [0.29, 0.717) is 39.1 Å². The van der Waals surface area contributed by atoms with Crippen LogP contribution in [0.15, 0.2) is 52.1 Å². The zero-order chi connectivity index (χ0) is 19.2. The summed E-state index contributed by atoms with van der Waals surface area (Å²) < 4.78 is 1.18. The molecule has 0 aliphatic rings. The summed E-state index contributed by atoms with van der Waals surface area (Å²) in [5.41, 5.74) is 9.07. The number of fused-ring (bicyclic) bond motifs is 10. The summed E-state index contributed by atoms with van der Waals surface area (Å²) in [6.45, 7) is 0.342. The molecule has 6 nitrogen and oxygen atoms in total. The van der Waals surface area contributed by atoms with Crippen molar-refractivity contribution in [3.8, 4) is 0 Å². The molecule has 0 radical (unpaired) electrons. The van der Waals surface area contributed by atoms with Gasteiger partial charge in [-0.3, -0.25) is 14.2 Å². The van der Waals surface area contributed by atoms with Crippen molar-refractivity contribution in [3.05, 3.63) is 68.7 Å². The lowest BCUT2D eigenvalue weighted by molar-refractivity contribution is 0.857. The highest BCUT2D eigenvalue weighted by molar-refractivity contribution is 6.35. The van der Waals surface area contributed by atoms with Crippen molar-refractivity contribution in [1.29, 1.82) is 0 Å². The molecule has 2 N–H and O–H groups in total. The van der Waals surface area contributed by atoms with Crippen LogP contribution in [0.5, 0.6) is 0 Å². The van der Waals surface area contributed by atoms with Crippen molar-refractivity contribution in [2.75, 3.05) is 0 Å². The van der Waals surface area contributed by atoms with Crippen LogP contribution in [0, 0.1) is 0 Å². The molecular formula is C22H14N4O2. The monoisotopic (exact) mass is 366 g/mol. The molecule has 0 saturated carbocycles. The maximum atomic E-state index is 13.1. The Balaban J connectivity index is 2.10. The van der Waals surface area contributed by atoms with Crippen LogP contribution in [0.1, 0.15) is 5.56 Å². The summed E-state index contributed by atoms with van der Waals surface area (Å²) in [4.78, 5) is 35.7. The van der Waals surface area contributed by atoms with Crippen LogP contribution >= 0.6 is 0 Å².